The van der Waals surface area contributed by atoms with E-state index in [9.17, 15) is 9.35 Å². The van der Waals surface area contributed by atoms with Gasteiger partial charge in [-0.1, -0.05) is 12.1 Å². The first-order valence-corrected chi connectivity index (χ1v) is 5.36. The van der Waals surface area contributed by atoms with Crippen molar-refractivity contribution >= 4 is 17.1 Å². The van der Waals surface area contributed by atoms with Crippen LogP contribution < -0.4 is 5.32 Å². The Labute approximate surface area is 79.3 Å². The summed E-state index contributed by atoms with van der Waals surface area (Å²) in [5.41, 5.74) is 0.540. The fourth-order valence-corrected chi connectivity index (χ4v) is 2.46. The summed E-state index contributed by atoms with van der Waals surface area (Å²) in [6.45, 7) is 0.486. The van der Waals surface area contributed by atoms with Gasteiger partial charge in [0, 0.05) is 0 Å². The first-order valence-electron chi connectivity index (χ1n) is 4.04. The number of carbonyl (C=O) groups is 1. The van der Waals surface area contributed by atoms with Crippen molar-refractivity contribution in [3.05, 3.63) is 29.8 Å². The fraction of sp³-hybridized carbons (Fsp3) is 0.222. The molecule has 1 aliphatic heterocycles. The Morgan fingerprint density at radius 3 is 3.00 bits per heavy atom. The van der Waals surface area contributed by atoms with Crippen molar-refractivity contribution in [1.82, 2.24) is 5.32 Å². The number of nitrogens with one attached hydrogen (secondary N) is 1. The minimum atomic E-state index is -1.04. The van der Waals surface area contributed by atoms with Crippen molar-refractivity contribution in [1.29, 1.82) is 0 Å². The Hall–Kier alpha value is -1.00. The molecule has 0 radical (unpaired) electrons. The molecular formula is C9H9NO2S. The summed E-state index contributed by atoms with van der Waals surface area (Å²) < 4.78 is 11.6. The lowest BCUT2D eigenvalue weighted by Crippen LogP contribution is -2.24. The average molecular weight is 195 g/mol. The van der Waals surface area contributed by atoms with Crippen molar-refractivity contribution in [3.63, 3.8) is 0 Å². The van der Waals surface area contributed by atoms with E-state index in [0.29, 0.717) is 22.8 Å². The minimum absolute atomic E-state index is 0.124. The maximum atomic E-state index is 11.6. The maximum absolute atomic E-state index is 11.6. The number of carbonyl (C=O) groups excluding carboxylic acids is 1. The van der Waals surface area contributed by atoms with Crippen LogP contribution in [0.25, 0.3) is 0 Å². The van der Waals surface area contributed by atoms with Gasteiger partial charge in [0.25, 0.3) is 5.91 Å². The van der Waals surface area contributed by atoms with Gasteiger partial charge in [0.05, 0.1) is 12.1 Å². The van der Waals surface area contributed by atoms with Crippen molar-refractivity contribution in [2.75, 3.05) is 12.3 Å². The van der Waals surface area contributed by atoms with Gasteiger partial charge in [0.1, 0.15) is 5.75 Å². The van der Waals surface area contributed by atoms with E-state index in [1.165, 1.54) is 0 Å². The molecule has 3 nitrogen and oxygen atoms in total. The molecule has 0 spiro atoms. The molecule has 1 aromatic carbocycles. The van der Waals surface area contributed by atoms with Crippen molar-refractivity contribution < 1.29 is 9.35 Å². The van der Waals surface area contributed by atoms with Gasteiger partial charge in [0.2, 0.25) is 0 Å². The van der Waals surface area contributed by atoms with Crippen LogP contribution in [0.2, 0.25) is 0 Å². The molecule has 0 saturated heterocycles. The van der Waals surface area contributed by atoms with Crippen molar-refractivity contribution in [2.24, 2.45) is 0 Å². The van der Waals surface area contributed by atoms with Gasteiger partial charge in [-0.3, -0.25) is 4.79 Å². The van der Waals surface area contributed by atoms with E-state index < -0.39 is 11.2 Å². The number of fused-ring (bicyclic) bond motifs is 1. The lowest BCUT2D eigenvalue weighted by Gasteiger charge is -2.07. The summed E-state index contributed by atoms with van der Waals surface area (Å²) in [4.78, 5) is 12.1. The third-order valence-electron chi connectivity index (χ3n) is 1.95. The van der Waals surface area contributed by atoms with Crippen LogP contribution in [0.1, 0.15) is 10.4 Å². The second-order valence-corrected chi connectivity index (χ2v) is 4.34. The van der Waals surface area contributed by atoms with Crippen LogP contribution in [-0.4, -0.2) is 22.8 Å². The molecule has 68 valence electrons. The van der Waals surface area contributed by atoms with Crippen LogP contribution in [0, 0.1) is 0 Å². The first kappa shape index (κ1) is 8.59. The molecule has 1 unspecified atom stereocenters. The lowest BCUT2D eigenvalue weighted by atomic mass is 10.2. The number of hydrogen-bond acceptors (Lipinski definition) is 2. The molecule has 4 heteroatoms. The highest BCUT2D eigenvalue weighted by Gasteiger charge is 2.23. The number of benzene rings is 1. The smallest absolute Gasteiger partial charge is 0.256 e. The minimum Gasteiger partial charge on any atom is -0.611 e. The SMILES string of the molecule is O=C1NCC[S+]([O-])c2ccccc21. The molecule has 2 rings (SSSR count). The van der Waals surface area contributed by atoms with Crippen LogP contribution >= 0.6 is 0 Å². The topological polar surface area (TPSA) is 52.2 Å². The highest BCUT2D eigenvalue weighted by Crippen LogP contribution is 2.18. The highest BCUT2D eigenvalue weighted by atomic mass is 32.2. The predicted octanol–water partition coefficient (Wildman–Crippen LogP) is 0.538. The van der Waals surface area contributed by atoms with E-state index in [1.807, 2.05) is 0 Å². The van der Waals surface area contributed by atoms with E-state index in [0.717, 1.165) is 0 Å². The zero-order chi connectivity index (χ0) is 9.26. The Morgan fingerprint density at radius 2 is 2.15 bits per heavy atom. The molecule has 0 aromatic heterocycles. The molecule has 1 aliphatic rings. The van der Waals surface area contributed by atoms with E-state index >= 15 is 0 Å². The normalized spacial score (nSPS) is 21.6. The second kappa shape index (κ2) is 3.40. The molecular weight excluding hydrogens is 186 g/mol. The maximum Gasteiger partial charge on any atom is 0.256 e. The van der Waals surface area contributed by atoms with Crippen LogP contribution in [0.3, 0.4) is 0 Å². The molecule has 1 aromatic rings. The highest BCUT2D eigenvalue weighted by molar-refractivity contribution is 7.91. The van der Waals surface area contributed by atoms with Crippen LogP contribution in [-0.2, 0) is 11.2 Å². The van der Waals surface area contributed by atoms with Gasteiger partial charge in [-0.25, -0.2) is 0 Å². The van der Waals surface area contributed by atoms with Gasteiger partial charge in [0.15, 0.2) is 4.90 Å². The monoisotopic (exact) mass is 195 g/mol. The fourth-order valence-electron chi connectivity index (χ4n) is 1.32. The standard InChI is InChI=1S/C9H9NO2S/c11-9-7-3-1-2-4-8(7)13(12)6-5-10-9/h1-4H,5-6H2,(H,10,11). The quantitative estimate of drug-likeness (QED) is 0.614. The summed E-state index contributed by atoms with van der Waals surface area (Å²) in [6, 6.07) is 7.03. The summed E-state index contributed by atoms with van der Waals surface area (Å²) in [6.07, 6.45) is 0. The molecule has 1 atom stereocenters. The number of hydrogen-bond donors (Lipinski definition) is 1. The zero-order valence-electron chi connectivity index (χ0n) is 6.95. The largest absolute Gasteiger partial charge is 0.611 e. The van der Waals surface area contributed by atoms with E-state index in [-0.39, 0.29) is 5.91 Å². The Bertz CT molecular complexity index is 340. The van der Waals surface area contributed by atoms with Crippen LogP contribution in [0.4, 0.5) is 0 Å². The average Bonchev–Trinajstić information content (AvgIpc) is 2.29. The molecule has 0 aliphatic carbocycles. The summed E-state index contributed by atoms with van der Waals surface area (Å²) >= 11 is -1.04. The molecule has 0 bridgehead atoms. The Kier molecular flexibility index (Phi) is 2.24. The molecule has 0 fully saturated rings. The van der Waals surface area contributed by atoms with Crippen molar-refractivity contribution in [2.45, 2.75) is 4.90 Å². The van der Waals surface area contributed by atoms with Crippen LogP contribution in [0.5, 0.6) is 0 Å². The van der Waals surface area contributed by atoms with Crippen LogP contribution in [0.15, 0.2) is 29.2 Å². The predicted molar refractivity (Wildman–Crippen MR) is 50.1 cm³/mol. The molecule has 0 saturated carbocycles. The second-order valence-electron chi connectivity index (χ2n) is 2.80. The number of rotatable bonds is 0. The summed E-state index contributed by atoms with van der Waals surface area (Å²) in [5.74, 6) is 0.379. The molecule has 13 heavy (non-hydrogen) atoms. The third kappa shape index (κ3) is 1.55. The van der Waals surface area contributed by atoms with Crippen molar-refractivity contribution in [3.8, 4) is 0 Å². The van der Waals surface area contributed by atoms with Gasteiger partial charge >= 0.3 is 0 Å². The summed E-state index contributed by atoms with van der Waals surface area (Å²) in [5, 5.41) is 2.70. The molecule has 1 heterocycles. The van der Waals surface area contributed by atoms with Gasteiger partial charge < -0.3 is 9.87 Å². The Morgan fingerprint density at radius 1 is 1.38 bits per heavy atom. The van der Waals surface area contributed by atoms with Gasteiger partial charge in [-0.2, -0.15) is 0 Å². The third-order valence-corrected chi connectivity index (χ3v) is 3.37. The van der Waals surface area contributed by atoms with E-state index in [2.05, 4.69) is 5.32 Å². The van der Waals surface area contributed by atoms with Gasteiger partial charge in [-0.15, -0.1) is 0 Å². The molecule has 1 amide bonds. The summed E-state index contributed by atoms with van der Waals surface area (Å²) in [7, 11) is 0. The lowest BCUT2D eigenvalue weighted by molar-refractivity contribution is 0.0954. The van der Waals surface area contributed by atoms with E-state index in [4.69, 9.17) is 0 Å². The van der Waals surface area contributed by atoms with E-state index in [1.54, 1.807) is 24.3 Å². The number of amides is 1. The zero-order valence-corrected chi connectivity index (χ0v) is 7.76. The molecule has 1 N–H and O–H groups in total. The first-order chi connectivity index (χ1) is 6.29. The Balaban J connectivity index is 2.51. The van der Waals surface area contributed by atoms with Gasteiger partial charge in [-0.05, 0) is 23.3 Å².